The van der Waals surface area contributed by atoms with Crippen molar-refractivity contribution in [2.24, 2.45) is 5.92 Å². The van der Waals surface area contributed by atoms with Crippen molar-refractivity contribution >= 4 is 11.8 Å². The van der Waals surface area contributed by atoms with E-state index in [4.69, 9.17) is 5.21 Å². The molecule has 0 saturated heterocycles. The van der Waals surface area contributed by atoms with Gasteiger partial charge in [0.15, 0.2) is 0 Å². The normalized spacial score (nSPS) is 17.1. The van der Waals surface area contributed by atoms with Crippen LogP contribution < -0.4 is 10.8 Å². The molecule has 0 aromatic heterocycles. The fourth-order valence-corrected chi connectivity index (χ4v) is 1.86. The second kappa shape index (κ2) is 6.40. The number of hydroxylamine groups is 1. The van der Waals surface area contributed by atoms with Crippen LogP contribution in [-0.2, 0) is 9.59 Å². The first kappa shape index (κ1) is 12.0. The molecule has 0 spiro atoms. The molecular formula is C10H18N2O3. The van der Waals surface area contributed by atoms with E-state index in [0.29, 0.717) is 6.54 Å². The lowest BCUT2D eigenvalue weighted by Gasteiger charge is -2.20. The standard InChI is InChI=1S/C10H18N2O3/c13-9(12-15)6-7-11-10(14)8-4-2-1-3-5-8/h8,15H,1-7H2,(H,11,14)(H,12,13). The quantitative estimate of drug-likeness (QED) is 0.473. The summed E-state index contributed by atoms with van der Waals surface area (Å²) in [6.07, 6.45) is 5.49. The van der Waals surface area contributed by atoms with Crippen molar-refractivity contribution in [3.05, 3.63) is 0 Å². The Morgan fingerprint density at radius 2 is 1.87 bits per heavy atom. The third kappa shape index (κ3) is 4.29. The predicted octanol–water partition coefficient (Wildman–Crippen LogP) is 0.578. The Kier molecular flexibility index (Phi) is 5.10. The summed E-state index contributed by atoms with van der Waals surface area (Å²) >= 11 is 0. The lowest BCUT2D eigenvalue weighted by Crippen LogP contribution is -2.34. The van der Waals surface area contributed by atoms with Crippen molar-refractivity contribution in [1.29, 1.82) is 0 Å². The number of hydrogen-bond donors (Lipinski definition) is 3. The molecular weight excluding hydrogens is 196 g/mol. The van der Waals surface area contributed by atoms with Crippen LogP contribution in [0.2, 0.25) is 0 Å². The zero-order valence-electron chi connectivity index (χ0n) is 8.79. The Morgan fingerprint density at radius 3 is 2.47 bits per heavy atom. The van der Waals surface area contributed by atoms with Crippen LogP contribution in [0, 0.1) is 5.92 Å². The Balaban J connectivity index is 2.14. The van der Waals surface area contributed by atoms with Gasteiger partial charge in [-0.3, -0.25) is 14.8 Å². The van der Waals surface area contributed by atoms with Gasteiger partial charge in [0.1, 0.15) is 0 Å². The van der Waals surface area contributed by atoms with Crippen molar-refractivity contribution in [2.45, 2.75) is 38.5 Å². The maximum atomic E-state index is 11.6. The average molecular weight is 214 g/mol. The summed E-state index contributed by atoms with van der Waals surface area (Å²) in [6, 6.07) is 0. The smallest absolute Gasteiger partial charge is 0.245 e. The Morgan fingerprint density at radius 1 is 1.20 bits per heavy atom. The van der Waals surface area contributed by atoms with Crippen molar-refractivity contribution in [2.75, 3.05) is 6.54 Å². The zero-order valence-corrected chi connectivity index (χ0v) is 8.79. The molecule has 0 aromatic rings. The van der Waals surface area contributed by atoms with Crippen molar-refractivity contribution < 1.29 is 14.8 Å². The fourth-order valence-electron chi connectivity index (χ4n) is 1.86. The van der Waals surface area contributed by atoms with Crippen LogP contribution in [0.25, 0.3) is 0 Å². The van der Waals surface area contributed by atoms with E-state index in [1.54, 1.807) is 0 Å². The lowest BCUT2D eigenvalue weighted by atomic mass is 9.89. The Hall–Kier alpha value is -1.10. The van der Waals surface area contributed by atoms with E-state index in [2.05, 4.69) is 5.32 Å². The number of rotatable bonds is 4. The maximum Gasteiger partial charge on any atom is 0.245 e. The number of nitrogens with one attached hydrogen (secondary N) is 2. The van der Waals surface area contributed by atoms with Crippen LogP contribution in [0.5, 0.6) is 0 Å². The molecule has 86 valence electrons. The molecule has 0 radical (unpaired) electrons. The van der Waals surface area contributed by atoms with Crippen LogP contribution in [0.15, 0.2) is 0 Å². The third-order valence-corrected chi connectivity index (χ3v) is 2.75. The highest BCUT2D eigenvalue weighted by molar-refractivity contribution is 5.80. The van der Waals surface area contributed by atoms with E-state index < -0.39 is 5.91 Å². The minimum absolute atomic E-state index is 0.0421. The lowest BCUT2D eigenvalue weighted by molar-refractivity contribution is -0.129. The van der Waals surface area contributed by atoms with Crippen LogP contribution in [0.3, 0.4) is 0 Å². The van der Waals surface area contributed by atoms with E-state index in [1.807, 2.05) is 0 Å². The van der Waals surface area contributed by atoms with Crippen molar-refractivity contribution in [3.8, 4) is 0 Å². The topological polar surface area (TPSA) is 78.4 Å². The molecule has 3 N–H and O–H groups in total. The fraction of sp³-hybridized carbons (Fsp3) is 0.800. The number of carbonyl (C=O) groups is 2. The molecule has 5 nitrogen and oxygen atoms in total. The third-order valence-electron chi connectivity index (χ3n) is 2.75. The largest absolute Gasteiger partial charge is 0.355 e. The van der Waals surface area contributed by atoms with E-state index in [9.17, 15) is 9.59 Å². The SMILES string of the molecule is O=C(CCNC(=O)C1CCCCC1)NO. The van der Waals surface area contributed by atoms with Crippen LogP contribution in [0.1, 0.15) is 38.5 Å². The zero-order chi connectivity index (χ0) is 11.1. The van der Waals surface area contributed by atoms with Gasteiger partial charge in [0.2, 0.25) is 11.8 Å². The average Bonchev–Trinajstić information content (AvgIpc) is 2.29. The molecule has 15 heavy (non-hydrogen) atoms. The molecule has 0 unspecified atom stereocenters. The Labute approximate surface area is 89.2 Å². The molecule has 1 fully saturated rings. The van der Waals surface area contributed by atoms with Gasteiger partial charge in [-0.15, -0.1) is 0 Å². The van der Waals surface area contributed by atoms with E-state index in [1.165, 1.54) is 11.9 Å². The van der Waals surface area contributed by atoms with Gasteiger partial charge < -0.3 is 5.32 Å². The molecule has 2 amide bonds. The van der Waals surface area contributed by atoms with Crippen LogP contribution in [0.4, 0.5) is 0 Å². The minimum atomic E-state index is -0.473. The van der Waals surface area contributed by atoms with Crippen LogP contribution >= 0.6 is 0 Å². The van der Waals surface area contributed by atoms with Gasteiger partial charge in [0.25, 0.3) is 0 Å². The highest BCUT2D eigenvalue weighted by Crippen LogP contribution is 2.23. The highest BCUT2D eigenvalue weighted by atomic mass is 16.5. The molecule has 0 heterocycles. The molecule has 0 atom stereocenters. The highest BCUT2D eigenvalue weighted by Gasteiger charge is 2.20. The van der Waals surface area contributed by atoms with Gasteiger partial charge in [0.05, 0.1) is 0 Å². The summed E-state index contributed by atoms with van der Waals surface area (Å²) in [7, 11) is 0. The Bertz CT molecular complexity index is 225. The minimum Gasteiger partial charge on any atom is -0.355 e. The summed E-state index contributed by atoms with van der Waals surface area (Å²) < 4.78 is 0. The van der Waals surface area contributed by atoms with Gasteiger partial charge >= 0.3 is 0 Å². The first-order valence-electron chi connectivity index (χ1n) is 5.44. The predicted molar refractivity (Wildman–Crippen MR) is 54.1 cm³/mol. The van der Waals surface area contributed by atoms with Gasteiger partial charge in [-0.1, -0.05) is 19.3 Å². The van der Waals surface area contributed by atoms with Gasteiger partial charge in [-0.2, -0.15) is 0 Å². The molecule has 1 rings (SSSR count). The number of carbonyl (C=O) groups excluding carboxylic acids is 2. The summed E-state index contributed by atoms with van der Waals surface area (Å²) in [5, 5.41) is 10.9. The van der Waals surface area contributed by atoms with Crippen LogP contribution in [-0.4, -0.2) is 23.6 Å². The van der Waals surface area contributed by atoms with Gasteiger partial charge in [-0.05, 0) is 12.8 Å². The van der Waals surface area contributed by atoms with E-state index in [0.717, 1.165) is 25.7 Å². The van der Waals surface area contributed by atoms with Gasteiger partial charge in [-0.25, -0.2) is 5.48 Å². The van der Waals surface area contributed by atoms with Gasteiger partial charge in [0, 0.05) is 18.9 Å². The summed E-state index contributed by atoms with van der Waals surface area (Å²) in [5.41, 5.74) is 1.53. The first-order chi connectivity index (χ1) is 7.24. The molecule has 1 saturated carbocycles. The molecule has 0 bridgehead atoms. The van der Waals surface area contributed by atoms with Crippen molar-refractivity contribution in [1.82, 2.24) is 10.8 Å². The molecule has 1 aliphatic carbocycles. The second-order valence-electron chi connectivity index (χ2n) is 3.91. The number of hydrogen-bond acceptors (Lipinski definition) is 3. The summed E-state index contributed by atoms with van der Waals surface area (Å²) in [5.74, 6) is -0.310. The molecule has 1 aliphatic rings. The molecule has 5 heteroatoms. The molecule has 0 aliphatic heterocycles. The maximum absolute atomic E-state index is 11.6. The summed E-state index contributed by atoms with van der Waals surface area (Å²) in [6.45, 7) is 0.293. The second-order valence-corrected chi connectivity index (χ2v) is 3.91. The molecule has 0 aromatic carbocycles. The first-order valence-corrected chi connectivity index (χ1v) is 5.44. The number of amides is 2. The van der Waals surface area contributed by atoms with Crippen molar-refractivity contribution in [3.63, 3.8) is 0 Å². The monoisotopic (exact) mass is 214 g/mol. The van der Waals surface area contributed by atoms with E-state index in [-0.39, 0.29) is 18.2 Å². The summed E-state index contributed by atoms with van der Waals surface area (Å²) in [4.78, 5) is 22.2. The van der Waals surface area contributed by atoms with E-state index >= 15 is 0 Å².